The zero-order valence-electron chi connectivity index (χ0n) is 8.82. The first-order valence-electron chi connectivity index (χ1n) is 5.19. The van der Waals surface area contributed by atoms with Crippen LogP contribution in [0.15, 0.2) is 18.2 Å². The monoisotopic (exact) mass is 205 g/mol. The Hall–Kier alpha value is -1.35. The zero-order valence-corrected chi connectivity index (χ0v) is 8.82. The molecule has 1 aliphatic carbocycles. The fourth-order valence-electron chi connectivity index (χ4n) is 2.19. The van der Waals surface area contributed by atoms with E-state index in [1.165, 1.54) is 7.11 Å². The molecule has 1 aliphatic rings. The van der Waals surface area contributed by atoms with Crippen LogP contribution in [0.1, 0.15) is 40.4 Å². The van der Waals surface area contributed by atoms with Crippen LogP contribution < -0.4 is 5.73 Å². The van der Waals surface area contributed by atoms with Crippen molar-refractivity contribution in [3.8, 4) is 0 Å². The van der Waals surface area contributed by atoms with Gasteiger partial charge in [0.15, 0.2) is 0 Å². The van der Waals surface area contributed by atoms with Gasteiger partial charge in [0.1, 0.15) is 0 Å². The number of carbonyl (C=O) groups excluding carboxylic acids is 1. The molecule has 3 nitrogen and oxygen atoms in total. The van der Waals surface area contributed by atoms with E-state index in [0.717, 1.165) is 30.4 Å². The molecule has 3 heteroatoms. The highest BCUT2D eigenvalue weighted by Gasteiger charge is 2.21. The van der Waals surface area contributed by atoms with Crippen LogP contribution in [0.2, 0.25) is 0 Å². The Labute approximate surface area is 89.2 Å². The molecule has 1 atom stereocenters. The number of fused-ring (bicyclic) bond motifs is 1. The topological polar surface area (TPSA) is 52.3 Å². The number of hydrogen-bond acceptors (Lipinski definition) is 3. The molecule has 0 heterocycles. The minimum absolute atomic E-state index is 0.0679. The molecule has 2 N–H and O–H groups in total. The van der Waals surface area contributed by atoms with Crippen molar-refractivity contribution in [3.05, 3.63) is 34.9 Å². The van der Waals surface area contributed by atoms with E-state index in [0.29, 0.717) is 5.56 Å². The van der Waals surface area contributed by atoms with Gasteiger partial charge in [-0.25, -0.2) is 4.79 Å². The van der Waals surface area contributed by atoms with Crippen molar-refractivity contribution in [1.29, 1.82) is 0 Å². The highest BCUT2D eigenvalue weighted by Crippen LogP contribution is 2.30. The summed E-state index contributed by atoms with van der Waals surface area (Å²) in [6, 6.07) is 5.75. The minimum atomic E-state index is -0.263. The summed E-state index contributed by atoms with van der Waals surface area (Å²) in [5.74, 6) is -0.263. The highest BCUT2D eigenvalue weighted by molar-refractivity contribution is 5.91. The summed E-state index contributed by atoms with van der Waals surface area (Å²) in [7, 11) is 1.41. The normalized spacial score (nSPS) is 19.5. The van der Waals surface area contributed by atoms with Gasteiger partial charge in [-0.2, -0.15) is 0 Å². The van der Waals surface area contributed by atoms with E-state index in [4.69, 9.17) is 10.5 Å². The summed E-state index contributed by atoms with van der Waals surface area (Å²) < 4.78 is 4.76. The van der Waals surface area contributed by atoms with Gasteiger partial charge in [-0.05, 0) is 36.5 Å². The summed E-state index contributed by atoms with van der Waals surface area (Å²) >= 11 is 0. The van der Waals surface area contributed by atoms with Crippen molar-refractivity contribution in [2.45, 2.75) is 25.3 Å². The average Bonchev–Trinajstić information content (AvgIpc) is 2.28. The molecule has 1 aromatic rings. The molecule has 0 spiro atoms. The van der Waals surface area contributed by atoms with Gasteiger partial charge < -0.3 is 10.5 Å². The smallest absolute Gasteiger partial charge is 0.338 e. The van der Waals surface area contributed by atoms with Crippen LogP contribution in [-0.2, 0) is 11.2 Å². The molecule has 0 saturated carbocycles. The summed E-state index contributed by atoms with van der Waals surface area (Å²) in [6.07, 6.45) is 2.97. The zero-order chi connectivity index (χ0) is 10.8. The molecule has 0 amide bonds. The standard InChI is InChI=1S/C12H15NO2/c1-15-12(14)10-6-2-5-9-8(10)4-3-7-11(9)13/h2,5-6,11H,3-4,7,13H2,1H3/t11-/m0/s1. The molecule has 0 saturated heterocycles. The molecular formula is C12H15NO2. The van der Waals surface area contributed by atoms with Crippen molar-refractivity contribution in [1.82, 2.24) is 0 Å². The second-order valence-corrected chi connectivity index (χ2v) is 3.86. The minimum Gasteiger partial charge on any atom is -0.465 e. The van der Waals surface area contributed by atoms with Crippen molar-refractivity contribution in [2.75, 3.05) is 7.11 Å². The number of rotatable bonds is 1. The maximum atomic E-state index is 11.5. The first-order chi connectivity index (χ1) is 7.24. The Bertz CT molecular complexity index is 387. The molecule has 15 heavy (non-hydrogen) atoms. The maximum absolute atomic E-state index is 11.5. The first-order valence-corrected chi connectivity index (χ1v) is 5.19. The number of nitrogens with two attached hydrogens (primary N) is 1. The van der Waals surface area contributed by atoms with E-state index in [9.17, 15) is 4.79 Å². The third-order valence-corrected chi connectivity index (χ3v) is 2.96. The lowest BCUT2D eigenvalue weighted by atomic mass is 9.85. The SMILES string of the molecule is COC(=O)c1cccc2c1CCC[C@@H]2N. The average molecular weight is 205 g/mol. The van der Waals surface area contributed by atoms with Gasteiger partial charge >= 0.3 is 5.97 Å². The van der Waals surface area contributed by atoms with Gasteiger partial charge in [-0.1, -0.05) is 12.1 Å². The summed E-state index contributed by atoms with van der Waals surface area (Å²) in [5, 5.41) is 0. The molecule has 0 bridgehead atoms. The van der Waals surface area contributed by atoms with Crippen LogP contribution in [0.5, 0.6) is 0 Å². The Morgan fingerprint density at radius 3 is 3.07 bits per heavy atom. The fraction of sp³-hybridized carbons (Fsp3) is 0.417. The number of ether oxygens (including phenoxy) is 1. The third kappa shape index (κ3) is 1.75. The highest BCUT2D eigenvalue weighted by atomic mass is 16.5. The van der Waals surface area contributed by atoms with Crippen molar-refractivity contribution >= 4 is 5.97 Å². The molecule has 80 valence electrons. The van der Waals surface area contributed by atoms with Crippen LogP contribution >= 0.6 is 0 Å². The van der Waals surface area contributed by atoms with Crippen LogP contribution in [-0.4, -0.2) is 13.1 Å². The first kappa shape index (κ1) is 10.2. The number of esters is 1. The summed E-state index contributed by atoms with van der Waals surface area (Å²) in [6.45, 7) is 0. The Morgan fingerprint density at radius 1 is 1.53 bits per heavy atom. The second kappa shape index (κ2) is 4.03. The summed E-state index contributed by atoms with van der Waals surface area (Å²) in [4.78, 5) is 11.5. The van der Waals surface area contributed by atoms with Crippen LogP contribution in [0.3, 0.4) is 0 Å². The van der Waals surface area contributed by atoms with Gasteiger partial charge in [-0.15, -0.1) is 0 Å². The van der Waals surface area contributed by atoms with E-state index in [2.05, 4.69) is 0 Å². The summed E-state index contributed by atoms with van der Waals surface area (Å²) in [5.41, 5.74) is 8.85. The molecule has 0 unspecified atom stereocenters. The number of hydrogen-bond donors (Lipinski definition) is 1. The third-order valence-electron chi connectivity index (χ3n) is 2.96. The van der Waals surface area contributed by atoms with E-state index >= 15 is 0 Å². The Morgan fingerprint density at radius 2 is 2.33 bits per heavy atom. The van der Waals surface area contributed by atoms with Crippen LogP contribution in [0, 0.1) is 0 Å². The number of methoxy groups -OCH3 is 1. The van der Waals surface area contributed by atoms with E-state index in [1.807, 2.05) is 18.2 Å². The van der Waals surface area contributed by atoms with Crippen molar-refractivity contribution in [2.24, 2.45) is 5.73 Å². The van der Waals surface area contributed by atoms with Crippen LogP contribution in [0.4, 0.5) is 0 Å². The fourth-order valence-corrected chi connectivity index (χ4v) is 2.19. The van der Waals surface area contributed by atoms with Crippen molar-refractivity contribution in [3.63, 3.8) is 0 Å². The van der Waals surface area contributed by atoms with Crippen LogP contribution in [0.25, 0.3) is 0 Å². The van der Waals surface area contributed by atoms with Gasteiger partial charge in [0, 0.05) is 6.04 Å². The quantitative estimate of drug-likeness (QED) is 0.711. The molecular weight excluding hydrogens is 190 g/mol. The Balaban J connectivity index is 2.49. The van der Waals surface area contributed by atoms with Gasteiger partial charge in [0.25, 0.3) is 0 Å². The lowest BCUT2D eigenvalue weighted by Crippen LogP contribution is -2.20. The Kier molecular flexibility index (Phi) is 2.73. The van der Waals surface area contributed by atoms with E-state index in [-0.39, 0.29) is 12.0 Å². The predicted molar refractivity (Wildman–Crippen MR) is 57.6 cm³/mol. The van der Waals surface area contributed by atoms with Crippen molar-refractivity contribution < 1.29 is 9.53 Å². The molecule has 2 rings (SSSR count). The second-order valence-electron chi connectivity index (χ2n) is 3.86. The van der Waals surface area contributed by atoms with Gasteiger partial charge in [-0.3, -0.25) is 0 Å². The molecule has 1 aromatic carbocycles. The number of carbonyl (C=O) groups is 1. The maximum Gasteiger partial charge on any atom is 0.338 e. The molecule has 0 aromatic heterocycles. The molecule has 0 radical (unpaired) electrons. The van der Waals surface area contributed by atoms with Gasteiger partial charge in [0.05, 0.1) is 12.7 Å². The lowest BCUT2D eigenvalue weighted by molar-refractivity contribution is 0.0599. The van der Waals surface area contributed by atoms with E-state index < -0.39 is 0 Å². The van der Waals surface area contributed by atoms with Gasteiger partial charge in [0.2, 0.25) is 0 Å². The molecule has 0 fully saturated rings. The predicted octanol–water partition coefficient (Wildman–Crippen LogP) is 1.81. The largest absolute Gasteiger partial charge is 0.465 e. The number of benzene rings is 1. The molecule has 0 aliphatic heterocycles. The lowest BCUT2D eigenvalue weighted by Gasteiger charge is -2.23. The van der Waals surface area contributed by atoms with E-state index in [1.54, 1.807) is 0 Å².